The van der Waals surface area contributed by atoms with Crippen LogP contribution in [0.3, 0.4) is 0 Å². The smallest absolute Gasteiger partial charge is 0.265 e. The molecule has 0 aromatic heterocycles. The van der Waals surface area contributed by atoms with Crippen LogP contribution in [0.15, 0.2) is 64.0 Å². The summed E-state index contributed by atoms with van der Waals surface area (Å²) in [6.07, 6.45) is 2.62. The lowest BCUT2D eigenvalue weighted by Crippen LogP contribution is -2.29. The third-order valence-electron chi connectivity index (χ3n) is 2.64. The standard InChI is InChI=1S/C15H11BrClNO3S/c16-13-6-1-2-7-14(13)22(20,21)18-15(19)9-8-11-4-3-5-12(17)10-11/h1-10H,(H,18,19)/b9-8+. The van der Waals surface area contributed by atoms with E-state index in [1.807, 2.05) is 4.72 Å². The highest BCUT2D eigenvalue weighted by atomic mass is 79.9. The number of carbonyl (C=O) groups is 1. The SMILES string of the molecule is O=C(/C=C/c1cccc(Cl)c1)NS(=O)(=O)c1ccccc1Br. The topological polar surface area (TPSA) is 63.2 Å². The Balaban J connectivity index is 2.13. The normalized spacial score (nSPS) is 11.5. The van der Waals surface area contributed by atoms with Gasteiger partial charge in [0.25, 0.3) is 15.9 Å². The van der Waals surface area contributed by atoms with Crippen molar-refractivity contribution in [3.8, 4) is 0 Å². The molecule has 0 heterocycles. The Labute approximate surface area is 142 Å². The summed E-state index contributed by atoms with van der Waals surface area (Å²) in [7, 11) is -3.93. The van der Waals surface area contributed by atoms with Crippen molar-refractivity contribution >= 4 is 49.5 Å². The van der Waals surface area contributed by atoms with E-state index in [-0.39, 0.29) is 4.90 Å². The summed E-state index contributed by atoms with van der Waals surface area (Å²) in [5.74, 6) is -0.740. The molecule has 0 radical (unpaired) electrons. The van der Waals surface area contributed by atoms with Crippen LogP contribution < -0.4 is 4.72 Å². The molecule has 0 aliphatic rings. The number of rotatable bonds is 4. The molecule has 4 nitrogen and oxygen atoms in total. The molecule has 0 spiro atoms. The van der Waals surface area contributed by atoms with Gasteiger partial charge in [-0.25, -0.2) is 13.1 Å². The minimum Gasteiger partial charge on any atom is -0.269 e. The first kappa shape index (κ1) is 16.7. The summed E-state index contributed by atoms with van der Waals surface area (Å²) in [5.41, 5.74) is 0.695. The van der Waals surface area contributed by atoms with Gasteiger partial charge in [0.2, 0.25) is 0 Å². The number of benzene rings is 2. The van der Waals surface area contributed by atoms with Crippen molar-refractivity contribution in [2.45, 2.75) is 4.90 Å². The number of sulfonamides is 1. The largest absolute Gasteiger partial charge is 0.269 e. The fourth-order valence-corrected chi connectivity index (χ4v) is 3.81. The molecule has 114 valence electrons. The molecule has 2 aromatic carbocycles. The van der Waals surface area contributed by atoms with E-state index in [1.54, 1.807) is 42.5 Å². The van der Waals surface area contributed by atoms with E-state index in [9.17, 15) is 13.2 Å². The van der Waals surface area contributed by atoms with E-state index in [0.29, 0.717) is 15.1 Å². The zero-order valence-electron chi connectivity index (χ0n) is 11.2. The molecule has 1 amide bonds. The number of halogens is 2. The van der Waals surface area contributed by atoms with E-state index >= 15 is 0 Å². The zero-order valence-corrected chi connectivity index (χ0v) is 14.3. The van der Waals surface area contributed by atoms with Gasteiger partial charge in [-0.15, -0.1) is 0 Å². The molecular weight excluding hydrogens is 390 g/mol. The van der Waals surface area contributed by atoms with Gasteiger partial charge in [-0.1, -0.05) is 35.9 Å². The third kappa shape index (κ3) is 4.43. The van der Waals surface area contributed by atoms with E-state index in [0.717, 1.165) is 6.08 Å². The van der Waals surface area contributed by atoms with Crippen molar-refractivity contribution in [2.24, 2.45) is 0 Å². The first-order chi connectivity index (χ1) is 10.4. The van der Waals surface area contributed by atoms with Crippen molar-refractivity contribution in [1.82, 2.24) is 4.72 Å². The van der Waals surface area contributed by atoms with E-state index in [2.05, 4.69) is 15.9 Å². The fraction of sp³-hybridized carbons (Fsp3) is 0. The molecule has 0 saturated carbocycles. The van der Waals surface area contributed by atoms with E-state index < -0.39 is 15.9 Å². The van der Waals surface area contributed by atoms with Gasteiger partial charge in [-0.05, 0) is 51.8 Å². The molecule has 2 aromatic rings. The van der Waals surface area contributed by atoms with E-state index in [4.69, 9.17) is 11.6 Å². The van der Waals surface area contributed by atoms with Crippen molar-refractivity contribution in [2.75, 3.05) is 0 Å². The van der Waals surface area contributed by atoms with Gasteiger partial charge in [0, 0.05) is 15.6 Å². The second-order valence-corrected chi connectivity index (χ2v) is 7.23. The number of nitrogens with one attached hydrogen (secondary N) is 1. The second kappa shape index (κ2) is 7.09. The summed E-state index contributed by atoms with van der Waals surface area (Å²) in [6, 6.07) is 13.1. The van der Waals surface area contributed by atoms with Crippen molar-refractivity contribution < 1.29 is 13.2 Å². The molecule has 0 atom stereocenters. The quantitative estimate of drug-likeness (QED) is 0.797. The Morgan fingerprint density at radius 3 is 2.55 bits per heavy atom. The summed E-state index contributed by atoms with van der Waals surface area (Å²) in [5, 5.41) is 0.531. The average Bonchev–Trinajstić information content (AvgIpc) is 2.45. The molecule has 7 heteroatoms. The Morgan fingerprint density at radius 1 is 1.14 bits per heavy atom. The van der Waals surface area contributed by atoms with Crippen LogP contribution in [0.4, 0.5) is 0 Å². The van der Waals surface area contributed by atoms with Gasteiger partial charge >= 0.3 is 0 Å². The van der Waals surface area contributed by atoms with Gasteiger partial charge in [-0.2, -0.15) is 0 Å². The first-order valence-electron chi connectivity index (χ1n) is 6.13. The minimum atomic E-state index is -3.93. The summed E-state index contributed by atoms with van der Waals surface area (Å²) >= 11 is 8.97. The molecular formula is C15H11BrClNO3S. The van der Waals surface area contributed by atoms with Crippen LogP contribution in [0.1, 0.15) is 5.56 Å². The lowest BCUT2D eigenvalue weighted by Gasteiger charge is -2.06. The lowest BCUT2D eigenvalue weighted by atomic mass is 10.2. The maximum absolute atomic E-state index is 12.1. The minimum absolute atomic E-state index is 0.000458. The number of carbonyl (C=O) groups excluding carboxylic acids is 1. The fourth-order valence-electron chi connectivity index (χ4n) is 1.67. The number of hydrogen-bond acceptors (Lipinski definition) is 3. The number of hydrogen-bond donors (Lipinski definition) is 1. The van der Waals surface area contributed by atoms with Crippen molar-refractivity contribution in [1.29, 1.82) is 0 Å². The number of amides is 1. The summed E-state index contributed by atoms with van der Waals surface area (Å²) < 4.78 is 26.6. The Morgan fingerprint density at radius 2 is 1.86 bits per heavy atom. The van der Waals surface area contributed by atoms with Crippen LogP contribution in [0.2, 0.25) is 5.02 Å². The lowest BCUT2D eigenvalue weighted by molar-refractivity contribution is -0.114. The maximum Gasteiger partial charge on any atom is 0.265 e. The van der Waals surface area contributed by atoms with Gasteiger partial charge in [0.15, 0.2) is 0 Å². The molecule has 0 aliphatic heterocycles. The zero-order chi connectivity index (χ0) is 16.2. The predicted molar refractivity (Wildman–Crippen MR) is 90.0 cm³/mol. The van der Waals surface area contributed by atoms with Crippen LogP contribution in [0.25, 0.3) is 6.08 Å². The summed E-state index contributed by atoms with van der Waals surface area (Å²) in [4.78, 5) is 11.8. The first-order valence-corrected chi connectivity index (χ1v) is 8.79. The molecule has 0 bridgehead atoms. The third-order valence-corrected chi connectivity index (χ3v) is 5.23. The highest BCUT2D eigenvalue weighted by Crippen LogP contribution is 2.20. The monoisotopic (exact) mass is 399 g/mol. The molecule has 1 N–H and O–H groups in total. The molecule has 0 saturated heterocycles. The average molecular weight is 401 g/mol. The van der Waals surface area contributed by atoms with Crippen LogP contribution in [0.5, 0.6) is 0 Å². The predicted octanol–water partition coefficient (Wildman–Crippen LogP) is 3.62. The molecule has 22 heavy (non-hydrogen) atoms. The molecule has 0 aliphatic carbocycles. The van der Waals surface area contributed by atoms with Crippen LogP contribution >= 0.6 is 27.5 Å². The van der Waals surface area contributed by atoms with Gasteiger partial charge in [0.1, 0.15) is 4.90 Å². The van der Waals surface area contributed by atoms with Crippen LogP contribution in [0, 0.1) is 0 Å². The molecule has 0 fully saturated rings. The molecule has 0 unspecified atom stereocenters. The second-order valence-electron chi connectivity index (χ2n) is 4.29. The van der Waals surface area contributed by atoms with Crippen molar-refractivity contribution in [3.05, 3.63) is 69.7 Å². The maximum atomic E-state index is 12.1. The molecule has 2 rings (SSSR count). The van der Waals surface area contributed by atoms with Crippen molar-refractivity contribution in [3.63, 3.8) is 0 Å². The highest BCUT2D eigenvalue weighted by molar-refractivity contribution is 9.10. The van der Waals surface area contributed by atoms with Crippen LogP contribution in [-0.4, -0.2) is 14.3 Å². The van der Waals surface area contributed by atoms with Gasteiger partial charge in [0.05, 0.1) is 0 Å². The highest BCUT2D eigenvalue weighted by Gasteiger charge is 2.18. The Bertz CT molecular complexity index is 834. The summed E-state index contributed by atoms with van der Waals surface area (Å²) in [6.45, 7) is 0. The van der Waals surface area contributed by atoms with Crippen LogP contribution in [-0.2, 0) is 14.8 Å². The van der Waals surface area contributed by atoms with Gasteiger partial charge < -0.3 is 0 Å². The van der Waals surface area contributed by atoms with Gasteiger partial charge in [-0.3, -0.25) is 4.79 Å². The Kier molecular flexibility index (Phi) is 5.39. The Hall–Kier alpha value is -1.63. The van der Waals surface area contributed by atoms with E-state index in [1.165, 1.54) is 12.1 Å².